The van der Waals surface area contributed by atoms with Gasteiger partial charge in [-0.05, 0) is 30.2 Å². The first kappa shape index (κ1) is 12.8. The van der Waals surface area contributed by atoms with E-state index in [0.717, 1.165) is 22.3 Å². The third-order valence-electron chi connectivity index (χ3n) is 3.23. The first-order valence-corrected chi connectivity index (χ1v) is 6.61. The van der Waals surface area contributed by atoms with Crippen molar-refractivity contribution in [2.24, 2.45) is 0 Å². The number of halogens is 1. The number of hydrogen-bond donors (Lipinski definition) is 1. The van der Waals surface area contributed by atoms with Crippen molar-refractivity contribution in [1.82, 2.24) is 5.16 Å². The Kier molecular flexibility index (Phi) is 3.20. The molecule has 0 amide bonds. The Morgan fingerprint density at radius 2 is 1.90 bits per heavy atom. The maximum absolute atomic E-state index is 6.04. The zero-order valence-electron chi connectivity index (χ0n) is 10.9. The Labute approximate surface area is 122 Å². The van der Waals surface area contributed by atoms with Gasteiger partial charge in [0.25, 0.3) is 0 Å². The monoisotopic (exact) mass is 284 g/mol. The minimum atomic E-state index is 0.314. The van der Waals surface area contributed by atoms with E-state index >= 15 is 0 Å². The van der Waals surface area contributed by atoms with E-state index < -0.39 is 0 Å². The lowest BCUT2D eigenvalue weighted by molar-refractivity contribution is 0.439. The summed E-state index contributed by atoms with van der Waals surface area (Å²) in [6.45, 7) is 2.03. The van der Waals surface area contributed by atoms with Gasteiger partial charge in [0.15, 0.2) is 0 Å². The van der Waals surface area contributed by atoms with Crippen LogP contribution in [0.1, 0.15) is 5.56 Å². The van der Waals surface area contributed by atoms with Crippen molar-refractivity contribution in [3.63, 3.8) is 0 Å². The van der Waals surface area contributed by atoms with Gasteiger partial charge in [0.05, 0.1) is 5.56 Å². The van der Waals surface area contributed by atoms with E-state index in [4.69, 9.17) is 21.9 Å². The van der Waals surface area contributed by atoms with Gasteiger partial charge in [-0.1, -0.05) is 53.2 Å². The molecule has 0 fully saturated rings. The van der Waals surface area contributed by atoms with Crippen molar-refractivity contribution in [2.75, 3.05) is 5.73 Å². The molecule has 0 saturated heterocycles. The Morgan fingerprint density at radius 3 is 2.65 bits per heavy atom. The first-order valence-electron chi connectivity index (χ1n) is 6.24. The summed E-state index contributed by atoms with van der Waals surface area (Å²) < 4.78 is 5.18. The van der Waals surface area contributed by atoms with Crippen molar-refractivity contribution in [3.05, 3.63) is 59.1 Å². The van der Waals surface area contributed by atoms with Crippen LogP contribution in [0.15, 0.2) is 53.1 Å². The largest absolute Gasteiger partial charge is 0.367 e. The summed E-state index contributed by atoms with van der Waals surface area (Å²) in [6.07, 6.45) is 0. The van der Waals surface area contributed by atoms with Crippen LogP contribution in [0.25, 0.3) is 22.4 Å². The molecule has 0 aliphatic heterocycles. The van der Waals surface area contributed by atoms with Gasteiger partial charge >= 0.3 is 0 Å². The fourth-order valence-corrected chi connectivity index (χ4v) is 2.44. The maximum Gasteiger partial charge on any atom is 0.230 e. The van der Waals surface area contributed by atoms with Crippen LogP contribution in [-0.4, -0.2) is 5.16 Å². The second-order valence-electron chi connectivity index (χ2n) is 4.60. The number of rotatable bonds is 2. The quantitative estimate of drug-likeness (QED) is 0.751. The molecule has 3 rings (SSSR count). The van der Waals surface area contributed by atoms with Crippen molar-refractivity contribution in [1.29, 1.82) is 0 Å². The second-order valence-corrected chi connectivity index (χ2v) is 5.03. The number of benzene rings is 2. The number of nitrogens with zero attached hydrogens (tertiary/aromatic N) is 1. The Balaban J connectivity index is 2.23. The summed E-state index contributed by atoms with van der Waals surface area (Å²) >= 11 is 6.04. The van der Waals surface area contributed by atoms with Crippen LogP contribution in [0.5, 0.6) is 0 Å². The molecule has 0 unspecified atom stereocenters. The van der Waals surface area contributed by atoms with Crippen molar-refractivity contribution in [2.45, 2.75) is 6.92 Å². The molecule has 100 valence electrons. The number of nitrogen functional groups attached to an aromatic ring is 1. The predicted molar refractivity (Wildman–Crippen MR) is 81.5 cm³/mol. The lowest BCUT2D eigenvalue weighted by Crippen LogP contribution is -1.90. The van der Waals surface area contributed by atoms with E-state index in [1.165, 1.54) is 0 Å². The molecule has 0 atom stereocenters. The first-order chi connectivity index (χ1) is 9.66. The van der Waals surface area contributed by atoms with Crippen molar-refractivity contribution < 1.29 is 4.52 Å². The number of hydrogen-bond acceptors (Lipinski definition) is 3. The van der Waals surface area contributed by atoms with E-state index in [1.54, 1.807) is 0 Å². The second kappa shape index (κ2) is 5.02. The Hall–Kier alpha value is -2.26. The number of aryl methyl sites for hydroxylation is 1. The highest BCUT2D eigenvalue weighted by molar-refractivity contribution is 6.30. The third kappa shape index (κ3) is 2.17. The molecule has 1 heterocycles. The summed E-state index contributed by atoms with van der Waals surface area (Å²) in [7, 11) is 0. The molecule has 4 heteroatoms. The van der Waals surface area contributed by atoms with E-state index in [9.17, 15) is 0 Å². The Bertz CT molecular complexity index is 765. The molecule has 0 bridgehead atoms. The Morgan fingerprint density at radius 1 is 1.10 bits per heavy atom. The molecule has 2 aromatic carbocycles. The molecule has 0 aliphatic carbocycles. The molecular formula is C16H13ClN2O. The highest BCUT2D eigenvalue weighted by Gasteiger charge is 2.18. The molecule has 2 N–H and O–H groups in total. The van der Waals surface area contributed by atoms with E-state index in [-0.39, 0.29) is 0 Å². The van der Waals surface area contributed by atoms with Gasteiger partial charge in [-0.2, -0.15) is 0 Å². The molecule has 1 aromatic heterocycles. The normalized spacial score (nSPS) is 10.7. The summed E-state index contributed by atoms with van der Waals surface area (Å²) in [4.78, 5) is 0. The molecule has 3 aromatic rings. The zero-order valence-corrected chi connectivity index (χ0v) is 11.7. The molecular weight excluding hydrogens is 272 g/mol. The number of nitrogens with two attached hydrogens (primary N) is 1. The average molecular weight is 285 g/mol. The van der Waals surface area contributed by atoms with Gasteiger partial charge < -0.3 is 10.3 Å². The van der Waals surface area contributed by atoms with Gasteiger partial charge in [-0.3, -0.25) is 0 Å². The SMILES string of the molecule is Cc1ccccc1-c1c(-c2cccc(Cl)c2)noc1N. The molecule has 20 heavy (non-hydrogen) atoms. The maximum atomic E-state index is 6.04. The van der Waals surface area contributed by atoms with Gasteiger partial charge in [0.1, 0.15) is 5.69 Å². The van der Waals surface area contributed by atoms with Crippen molar-refractivity contribution >= 4 is 17.5 Å². The third-order valence-corrected chi connectivity index (χ3v) is 3.47. The van der Waals surface area contributed by atoms with Crippen LogP contribution in [-0.2, 0) is 0 Å². The molecule has 0 saturated carbocycles. The van der Waals surface area contributed by atoms with Gasteiger partial charge in [-0.25, -0.2) is 0 Å². The molecule has 0 aliphatic rings. The number of anilines is 1. The highest BCUT2D eigenvalue weighted by Crippen LogP contribution is 2.38. The van der Waals surface area contributed by atoms with Gasteiger partial charge in [-0.15, -0.1) is 0 Å². The summed E-state index contributed by atoms with van der Waals surface area (Å²) in [6, 6.07) is 15.5. The minimum absolute atomic E-state index is 0.314. The van der Waals surface area contributed by atoms with E-state index in [1.807, 2.05) is 55.5 Å². The minimum Gasteiger partial charge on any atom is -0.367 e. The molecule has 0 radical (unpaired) electrons. The smallest absolute Gasteiger partial charge is 0.230 e. The zero-order chi connectivity index (χ0) is 14.1. The van der Waals surface area contributed by atoms with Crippen LogP contribution in [0.3, 0.4) is 0 Å². The van der Waals surface area contributed by atoms with Gasteiger partial charge in [0.2, 0.25) is 5.88 Å². The molecule has 0 spiro atoms. The van der Waals surface area contributed by atoms with E-state index in [0.29, 0.717) is 16.6 Å². The summed E-state index contributed by atoms with van der Waals surface area (Å²) in [5.74, 6) is 0.314. The standard InChI is InChI=1S/C16H13ClN2O/c1-10-5-2-3-8-13(10)14-15(19-20-16(14)18)11-6-4-7-12(17)9-11/h2-9H,18H2,1H3. The van der Waals surface area contributed by atoms with Crippen LogP contribution in [0.2, 0.25) is 5.02 Å². The van der Waals surface area contributed by atoms with Crippen molar-refractivity contribution in [3.8, 4) is 22.4 Å². The highest BCUT2D eigenvalue weighted by atomic mass is 35.5. The van der Waals surface area contributed by atoms with Gasteiger partial charge in [0, 0.05) is 10.6 Å². The molecule has 3 nitrogen and oxygen atoms in total. The predicted octanol–water partition coefficient (Wildman–Crippen LogP) is 4.55. The summed E-state index contributed by atoms with van der Waals surface area (Å²) in [5, 5.41) is 4.74. The topological polar surface area (TPSA) is 52.0 Å². The fourth-order valence-electron chi connectivity index (χ4n) is 2.25. The van der Waals surface area contributed by atoms with Crippen LogP contribution in [0.4, 0.5) is 5.88 Å². The average Bonchev–Trinajstić information content (AvgIpc) is 2.81. The lowest BCUT2D eigenvalue weighted by atomic mass is 9.97. The van der Waals surface area contributed by atoms with Crippen LogP contribution >= 0.6 is 11.6 Å². The number of aromatic nitrogens is 1. The van der Waals surface area contributed by atoms with E-state index in [2.05, 4.69) is 5.16 Å². The van der Waals surface area contributed by atoms with Crippen LogP contribution < -0.4 is 5.73 Å². The lowest BCUT2D eigenvalue weighted by Gasteiger charge is -2.06. The summed E-state index contributed by atoms with van der Waals surface area (Å²) in [5.41, 5.74) is 10.5. The fraction of sp³-hybridized carbons (Fsp3) is 0.0625. The van der Waals surface area contributed by atoms with Crippen LogP contribution in [0, 0.1) is 6.92 Å².